The van der Waals surface area contributed by atoms with Crippen LogP contribution < -0.4 is 0 Å². The van der Waals surface area contributed by atoms with Crippen LogP contribution in [0.4, 0.5) is 0 Å². The van der Waals surface area contributed by atoms with Crippen molar-refractivity contribution in [2.75, 3.05) is 0 Å². The van der Waals surface area contributed by atoms with Crippen molar-refractivity contribution in [3.8, 4) is 0 Å². The van der Waals surface area contributed by atoms with E-state index in [2.05, 4.69) is 72.2 Å². The smallest absolute Gasteiger partial charge is 0.0625 e. The summed E-state index contributed by atoms with van der Waals surface area (Å²) in [6.45, 7) is 4.48. The van der Waals surface area contributed by atoms with Crippen LogP contribution in [0.15, 0.2) is 53.0 Å². The Labute approximate surface area is 135 Å². The maximum absolute atomic E-state index is 6.54. The molecule has 0 saturated carbocycles. The molecular weight excluding hydrogens is 332 g/mol. The Bertz CT molecular complexity index is 548. The molecule has 2 aromatic carbocycles. The van der Waals surface area contributed by atoms with Crippen molar-refractivity contribution in [2.24, 2.45) is 0 Å². The minimum atomic E-state index is 0.0234. The number of rotatable bonds is 5. The van der Waals surface area contributed by atoms with E-state index in [9.17, 15) is 0 Å². The van der Waals surface area contributed by atoms with Gasteiger partial charge in [0.05, 0.1) is 5.38 Å². The SMILES string of the molecule is CCC(C)c1ccc(C(Cl)Cc2cccc(Br)c2)cc1. The summed E-state index contributed by atoms with van der Waals surface area (Å²) in [4.78, 5) is 0. The Morgan fingerprint density at radius 3 is 2.30 bits per heavy atom. The van der Waals surface area contributed by atoms with Crippen LogP contribution in [0.2, 0.25) is 0 Å². The number of alkyl halides is 1. The summed E-state index contributed by atoms with van der Waals surface area (Å²) in [7, 11) is 0. The average Bonchev–Trinajstić information content (AvgIpc) is 2.46. The number of hydrogen-bond donors (Lipinski definition) is 0. The molecule has 2 atom stereocenters. The molecule has 0 radical (unpaired) electrons. The molecule has 0 saturated heterocycles. The summed E-state index contributed by atoms with van der Waals surface area (Å²) >= 11 is 10.0. The van der Waals surface area contributed by atoms with Crippen LogP contribution in [0.5, 0.6) is 0 Å². The molecule has 2 rings (SSSR count). The zero-order valence-electron chi connectivity index (χ0n) is 11.9. The van der Waals surface area contributed by atoms with Crippen LogP contribution in [-0.4, -0.2) is 0 Å². The molecule has 0 aliphatic heterocycles. The minimum absolute atomic E-state index is 0.0234. The highest BCUT2D eigenvalue weighted by atomic mass is 79.9. The molecule has 2 aromatic rings. The standard InChI is InChI=1S/C18H20BrCl/c1-3-13(2)15-7-9-16(10-8-15)18(20)12-14-5-4-6-17(19)11-14/h4-11,13,18H,3,12H2,1-2H3. The van der Waals surface area contributed by atoms with Gasteiger partial charge >= 0.3 is 0 Å². The van der Waals surface area contributed by atoms with Gasteiger partial charge in [-0.3, -0.25) is 0 Å². The summed E-state index contributed by atoms with van der Waals surface area (Å²) in [5.41, 5.74) is 3.84. The van der Waals surface area contributed by atoms with Gasteiger partial charge in [-0.05, 0) is 47.6 Å². The molecule has 2 unspecified atom stereocenters. The molecule has 0 bridgehead atoms. The molecule has 0 heterocycles. The molecule has 0 aromatic heterocycles. The highest BCUT2D eigenvalue weighted by Crippen LogP contribution is 2.28. The van der Waals surface area contributed by atoms with E-state index in [1.165, 1.54) is 23.1 Å². The van der Waals surface area contributed by atoms with E-state index in [1.807, 2.05) is 6.07 Å². The topological polar surface area (TPSA) is 0 Å². The van der Waals surface area contributed by atoms with Crippen molar-refractivity contribution in [3.63, 3.8) is 0 Å². The molecule has 106 valence electrons. The van der Waals surface area contributed by atoms with Crippen molar-refractivity contribution in [1.29, 1.82) is 0 Å². The van der Waals surface area contributed by atoms with Crippen LogP contribution in [-0.2, 0) is 6.42 Å². The maximum atomic E-state index is 6.54. The molecule has 0 fully saturated rings. The first-order valence-corrected chi connectivity index (χ1v) is 8.31. The van der Waals surface area contributed by atoms with Crippen LogP contribution in [0.25, 0.3) is 0 Å². The van der Waals surface area contributed by atoms with Crippen molar-refractivity contribution in [3.05, 3.63) is 69.7 Å². The van der Waals surface area contributed by atoms with Crippen LogP contribution >= 0.6 is 27.5 Å². The molecule has 0 N–H and O–H groups in total. The number of benzene rings is 2. The van der Waals surface area contributed by atoms with Gasteiger partial charge in [-0.1, -0.05) is 66.2 Å². The van der Waals surface area contributed by atoms with E-state index in [0.717, 1.165) is 10.9 Å². The van der Waals surface area contributed by atoms with Crippen molar-refractivity contribution < 1.29 is 0 Å². The molecule has 0 aliphatic rings. The van der Waals surface area contributed by atoms with Crippen molar-refractivity contribution >= 4 is 27.5 Å². The fourth-order valence-corrected chi connectivity index (χ4v) is 3.03. The molecule has 0 aliphatic carbocycles. The van der Waals surface area contributed by atoms with Gasteiger partial charge in [0.25, 0.3) is 0 Å². The first-order chi connectivity index (χ1) is 9.60. The second kappa shape index (κ2) is 7.28. The van der Waals surface area contributed by atoms with Crippen LogP contribution in [0.3, 0.4) is 0 Å². The highest BCUT2D eigenvalue weighted by Gasteiger charge is 2.10. The molecular formula is C18H20BrCl. The van der Waals surface area contributed by atoms with Crippen LogP contribution in [0.1, 0.15) is 48.3 Å². The fraction of sp³-hybridized carbons (Fsp3) is 0.333. The van der Waals surface area contributed by atoms with Crippen LogP contribution in [0, 0.1) is 0 Å². The lowest BCUT2D eigenvalue weighted by Crippen LogP contribution is -1.97. The molecule has 0 spiro atoms. The monoisotopic (exact) mass is 350 g/mol. The predicted molar refractivity (Wildman–Crippen MR) is 91.6 cm³/mol. The van der Waals surface area contributed by atoms with Crippen molar-refractivity contribution in [2.45, 2.75) is 38.0 Å². The van der Waals surface area contributed by atoms with E-state index >= 15 is 0 Å². The Kier molecular flexibility index (Phi) is 5.68. The van der Waals surface area contributed by atoms with E-state index in [4.69, 9.17) is 11.6 Å². The van der Waals surface area contributed by atoms with Gasteiger partial charge in [0.2, 0.25) is 0 Å². The van der Waals surface area contributed by atoms with E-state index in [0.29, 0.717) is 5.92 Å². The van der Waals surface area contributed by atoms with Gasteiger partial charge in [0, 0.05) is 4.47 Å². The van der Waals surface area contributed by atoms with Gasteiger partial charge in [0.15, 0.2) is 0 Å². The van der Waals surface area contributed by atoms with E-state index in [1.54, 1.807) is 0 Å². The Morgan fingerprint density at radius 1 is 1.05 bits per heavy atom. The summed E-state index contributed by atoms with van der Waals surface area (Å²) < 4.78 is 1.10. The lowest BCUT2D eigenvalue weighted by Gasteiger charge is -2.13. The third-order valence-corrected chi connectivity index (χ3v) is 4.68. The van der Waals surface area contributed by atoms with Gasteiger partial charge in [-0.15, -0.1) is 11.6 Å². The fourth-order valence-electron chi connectivity index (χ4n) is 2.26. The number of halogens is 2. The van der Waals surface area contributed by atoms with Gasteiger partial charge in [-0.2, -0.15) is 0 Å². The molecule has 2 heteroatoms. The predicted octanol–water partition coefficient (Wildman–Crippen LogP) is 6.49. The summed E-state index contributed by atoms with van der Waals surface area (Å²) in [5, 5.41) is 0.0234. The summed E-state index contributed by atoms with van der Waals surface area (Å²) in [5.74, 6) is 0.614. The maximum Gasteiger partial charge on any atom is 0.0625 e. The van der Waals surface area contributed by atoms with E-state index in [-0.39, 0.29) is 5.38 Å². The average molecular weight is 352 g/mol. The third-order valence-electron chi connectivity index (χ3n) is 3.78. The first kappa shape index (κ1) is 15.6. The first-order valence-electron chi connectivity index (χ1n) is 7.08. The quantitative estimate of drug-likeness (QED) is 0.540. The minimum Gasteiger partial charge on any atom is -0.117 e. The molecule has 0 amide bonds. The Morgan fingerprint density at radius 2 is 1.70 bits per heavy atom. The van der Waals surface area contributed by atoms with Gasteiger partial charge in [0.1, 0.15) is 0 Å². The van der Waals surface area contributed by atoms with Gasteiger partial charge < -0.3 is 0 Å². The van der Waals surface area contributed by atoms with Gasteiger partial charge in [-0.25, -0.2) is 0 Å². The van der Waals surface area contributed by atoms with E-state index < -0.39 is 0 Å². The zero-order chi connectivity index (χ0) is 14.5. The second-order valence-corrected chi connectivity index (χ2v) is 6.72. The molecule has 0 nitrogen and oxygen atoms in total. The third kappa shape index (κ3) is 4.10. The summed E-state index contributed by atoms with van der Waals surface area (Å²) in [6.07, 6.45) is 2.02. The van der Waals surface area contributed by atoms with Crippen molar-refractivity contribution in [1.82, 2.24) is 0 Å². The Balaban J connectivity index is 2.07. The second-order valence-electron chi connectivity index (χ2n) is 5.28. The largest absolute Gasteiger partial charge is 0.117 e. The number of hydrogen-bond acceptors (Lipinski definition) is 0. The lowest BCUT2D eigenvalue weighted by atomic mass is 9.96. The normalized spacial score (nSPS) is 14.0. The Hall–Kier alpha value is -0.790. The zero-order valence-corrected chi connectivity index (χ0v) is 14.3. The lowest BCUT2D eigenvalue weighted by molar-refractivity contribution is 0.732. The summed E-state index contributed by atoms with van der Waals surface area (Å²) in [6, 6.07) is 17.1. The highest BCUT2D eigenvalue weighted by molar-refractivity contribution is 9.10. The molecule has 20 heavy (non-hydrogen) atoms.